The first-order chi connectivity index (χ1) is 13.8. The molecule has 0 aliphatic carbocycles. The number of nitrogens with one attached hydrogen (secondary N) is 1. The molecule has 0 saturated carbocycles. The Bertz CT molecular complexity index is 975. The molecular formula is C22H23BrN2O4. The van der Waals surface area contributed by atoms with E-state index < -0.39 is 5.41 Å². The number of nitrogens with zero attached hydrogens (tertiary/aromatic N) is 1. The van der Waals surface area contributed by atoms with Gasteiger partial charge in [0.05, 0.1) is 0 Å². The third kappa shape index (κ3) is 2.60. The predicted octanol–water partition coefficient (Wildman–Crippen LogP) is 3.02. The van der Waals surface area contributed by atoms with E-state index in [0.717, 1.165) is 55.0 Å². The van der Waals surface area contributed by atoms with Crippen LogP contribution in [0.25, 0.3) is 0 Å². The molecule has 1 N–H and O–H groups in total. The minimum atomic E-state index is -0.792. The maximum absolute atomic E-state index is 13.9. The second kappa shape index (κ2) is 6.92. The van der Waals surface area contributed by atoms with Crippen molar-refractivity contribution < 1.29 is 19.0 Å². The number of benzene rings is 2. The van der Waals surface area contributed by atoms with Gasteiger partial charge in [-0.2, -0.15) is 0 Å². The number of rotatable bonds is 2. The van der Waals surface area contributed by atoms with E-state index in [2.05, 4.69) is 17.4 Å². The Morgan fingerprint density at radius 2 is 1.76 bits per heavy atom. The third-order valence-corrected chi connectivity index (χ3v) is 6.54. The van der Waals surface area contributed by atoms with Crippen molar-refractivity contribution in [3.63, 3.8) is 0 Å². The van der Waals surface area contributed by atoms with E-state index in [0.29, 0.717) is 24.0 Å². The van der Waals surface area contributed by atoms with Gasteiger partial charge in [0.1, 0.15) is 17.8 Å². The predicted molar refractivity (Wildman–Crippen MR) is 114 cm³/mol. The van der Waals surface area contributed by atoms with Gasteiger partial charge >= 0.3 is 0 Å². The van der Waals surface area contributed by atoms with Crippen LogP contribution in [0.5, 0.6) is 17.2 Å². The van der Waals surface area contributed by atoms with Gasteiger partial charge in [0.25, 0.3) is 0 Å². The smallest absolute Gasteiger partial charge is 0.245 e. The van der Waals surface area contributed by atoms with Crippen molar-refractivity contribution in [2.75, 3.05) is 37.9 Å². The van der Waals surface area contributed by atoms with Crippen LogP contribution in [0, 0.1) is 5.92 Å². The summed E-state index contributed by atoms with van der Waals surface area (Å²) >= 11 is 0. The van der Waals surface area contributed by atoms with Crippen molar-refractivity contribution in [2.45, 2.75) is 18.3 Å². The fourth-order valence-corrected chi connectivity index (χ4v) is 5.07. The number of para-hydroxylation sites is 1. The van der Waals surface area contributed by atoms with E-state index in [1.165, 1.54) is 0 Å². The summed E-state index contributed by atoms with van der Waals surface area (Å²) in [5, 5.41) is 3.41. The molecule has 0 radical (unpaired) electrons. The van der Waals surface area contributed by atoms with E-state index in [1.807, 2.05) is 29.2 Å². The van der Waals surface area contributed by atoms with Crippen molar-refractivity contribution in [2.24, 2.45) is 5.92 Å². The normalized spacial score (nSPS) is 24.3. The number of anilines is 1. The standard InChI is InChI=1S/C22H22N2O4.BrH/c25-21-22(12-26-18-10-20-19(9-16(18)22)27-13-28-20)15-3-1-2-4-17(15)24(21)11-14-5-7-23-8-6-14;/h1-4,9-10,14,23H,5-8,11-13H2;1H. The summed E-state index contributed by atoms with van der Waals surface area (Å²) in [5.41, 5.74) is 2.15. The fraction of sp³-hybridized carbons (Fsp3) is 0.409. The van der Waals surface area contributed by atoms with Crippen molar-refractivity contribution in [3.8, 4) is 17.2 Å². The first kappa shape index (κ1) is 18.8. The molecule has 4 heterocycles. The second-order valence-electron chi connectivity index (χ2n) is 8.02. The molecule has 1 fully saturated rings. The number of fused-ring (bicyclic) bond motifs is 5. The van der Waals surface area contributed by atoms with Crippen LogP contribution < -0.4 is 24.4 Å². The minimum absolute atomic E-state index is 0. The summed E-state index contributed by atoms with van der Waals surface area (Å²) in [6.45, 7) is 3.34. The molecule has 1 unspecified atom stereocenters. The van der Waals surface area contributed by atoms with Gasteiger partial charge in [-0.1, -0.05) is 18.2 Å². The van der Waals surface area contributed by atoms with Crippen molar-refractivity contribution in [3.05, 3.63) is 47.5 Å². The van der Waals surface area contributed by atoms with Crippen molar-refractivity contribution in [1.82, 2.24) is 5.32 Å². The Morgan fingerprint density at radius 1 is 1.00 bits per heavy atom. The van der Waals surface area contributed by atoms with Crippen LogP contribution in [0.2, 0.25) is 0 Å². The molecular weight excluding hydrogens is 436 g/mol. The lowest BCUT2D eigenvalue weighted by atomic mass is 9.77. The van der Waals surface area contributed by atoms with Crippen LogP contribution in [0.3, 0.4) is 0 Å². The van der Waals surface area contributed by atoms with Crippen LogP contribution in [-0.4, -0.2) is 38.9 Å². The average Bonchev–Trinajstić information content (AvgIpc) is 3.40. The third-order valence-electron chi connectivity index (χ3n) is 6.54. The van der Waals surface area contributed by atoms with E-state index in [1.54, 1.807) is 0 Å². The van der Waals surface area contributed by atoms with Crippen molar-refractivity contribution >= 4 is 28.6 Å². The zero-order chi connectivity index (χ0) is 18.7. The first-order valence-corrected chi connectivity index (χ1v) is 9.96. The highest BCUT2D eigenvalue weighted by atomic mass is 79.9. The van der Waals surface area contributed by atoms with Gasteiger partial charge in [-0.3, -0.25) is 4.79 Å². The maximum atomic E-state index is 13.9. The van der Waals surface area contributed by atoms with E-state index in [-0.39, 0.29) is 29.7 Å². The maximum Gasteiger partial charge on any atom is 0.245 e. The quantitative estimate of drug-likeness (QED) is 0.749. The van der Waals surface area contributed by atoms with Crippen LogP contribution in [0.15, 0.2) is 36.4 Å². The Balaban J connectivity index is 0.00000181. The van der Waals surface area contributed by atoms with E-state index >= 15 is 0 Å². The number of ether oxygens (including phenoxy) is 3. The van der Waals surface area contributed by atoms with Gasteiger partial charge in [-0.25, -0.2) is 0 Å². The lowest BCUT2D eigenvalue weighted by Gasteiger charge is -2.29. The van der Waals surface area contributed by atoms with Gasteiger partial charge in [-0.05, 0) is 49.5 Å². The first-order valence-electron chi connectivity index (χ1n) is 9.96. The molecule has 6 nitrogen and oxygen atoms in total. The number of amides is 1. The SMILES string of the molecule is Br.O=C1N(CC2CCNCC2)c2ccccc2C12COc1cc3c(cc12)OCO3. The van der Waals surface area contributed by atoms with Crippen LogP contribution in [0.4, 0.5) is 5.69 Å². The molecule has 1 spiro atoms. The van der Waals surface area contributed by atoms with Crippen LogP contribution >= 0.6 is 17.0 Å². The monoisotopic (exact) mass is 458 g/mol. The summed E-state index contributed by atoms with van der Waals surface area (Å²) < 4.78 is 17.1. The van der Waals surface area contributed by atoms with Crippen LogP contribution in [-0.2, 0) is 10.2 Å². The number of piperidine rings is 1. The molecule has 7 heteroatoms. The minimum Gasteiger partial charge on any atom is -0.491 e. The molecule has 2 aromatic carbocycles. The molecule has 1 amide bonds. The number of halogens is 1. The lowest BCUT2D eigenvalue weighted by molar-refractivity contribution is -0.122. The highest BCUT2D eigenvalue weighted by Gasteiger charge is 2.57. The molecule has 29 heavy (non-hydrogen) atoms. The molecule has 1 saturated heterocycles. The largest absolute Gasteiger partial charge is 0.491 e. The number of carbonyl (C=O) groups is 1. The Morgan fingerprint density at radius 3 is 2.59 bits per heavy atom. The van der Waals surface area contributed by atoms with Gasteiger partial charge in [0.2, 0.25) is 12.7 Å². The van der Waals surface area contributed by atoms with E-state index in [9.17, 15) is 4.79 Å². The molecule has 4 aliphatic rings. The molecule has 6 rings (SSSR count). The zero-order valence-corrected chi connectivity index (χ0v) is 17.7. The van der Waals surface area contributed by atoms with Crippen LogP contribution in [0.1, 0.15) is 24.0 Å². The van der Waals surface area contributed by atoms with E-state index in [4.69, 9.17) is 14.2 Å². The van der Waals surface area contributed by atoms with Crippen molar-refractivity contribution in [1.29, 1.82) is 0 Å². The number of carbonyl (C=O) groups excluding carboxylic acids is 1. The zero-order valence-electron chi connectivity index (χ0n) is 16.0. The molecule has 0 aromatic heterocycles. The second-order valence-corrected chi connectivity index (χ2v) is 8.02. The summed E-state index contributed by atoms with van der Waals surface area (Å²) in [6, 6.07) is 11.9. The van der Waals surface area contributed by atoms with Gasteiger partial charge < -0.3 is 24.4 Å². The molecule has 0 bridgehead atoms. The summed E-state index contributed by atoms with van der Waals surface area (Å²) in [6.07, 6.45) is 2.20. The van der Waals surface area contributed by atoms with Gasteiger partial charge in [0, 0.05) is 23.9 Å². The fourth-order valence-electron chi connectivity index (χ4n) is 5.07. The molecule has 152 valence electrons. The highest BCUT2D eigenvalue weighted by Crippen LogP contribution is 2.55. The summed E-state index contributed by atoms with van der Waals surface area (Å²) in [7, 11) is 0. The Labute approximate surface area is 179 Å². The Hall–Kier alpha value is -2.25. The number of hydrogen-bond acceptors (Lipinski definition) is 5. The number of hydrogen-bond donors (Lipinski definition) is 1. The summed E-state index contributed by atoms with van der Waals surface area (Å²) in [5.74, 6) is 2.72. The van der Waals surface area contributed by atoms with Gasteiger partial charge in [0.15, 0.2) is 11.5 Å². The average molecular weight is 459 g/mol. The Kier molecular flexibility index (Phi) is 4.47. The highest BCUT2D eigenvalue weighted by molar-refractivity contribution is 8.93. The topological polar surface area (TPSA) is 60.0 Å². The molecule has 1 atom stereocenters. The molecule has 2 aromatic rings. The summed E-state index contributed by atoms with van der Waals surface area (Å²) in [4.78, 5) is 15.9. The van der Waals surface area contributed by atoms with Gasteiger partial charge in [-0.15, -0.1) is 17.0 Å². The molecule has 4 aliphatic heterocycles. The lowest BCUT2D eigenvalue weighted by Crippen LogP contribution is -2.45.